The monoisotopic (exact) mass is 175 g/mol. The van der Waals surface area contributed by atoms with Crippen molar-refractivity contribution in [2.75, 3.05) is 0 Å². The van der Waals surface area contributed by atoms with Gasteiger partial charge in [-0.1, -0.05) is 0 Å². The first-order chi connectivity index (χ1) is 5.52. The van der Waals surface area contributed by atoms with Gasteiger partial charge in [-0.3, -0.25) is 0 Å². The van der Waals surface area contributed by atoms with Crippen LogP contribution < -0.4 is 5.32 Å². The average molecular weight is 175 g/mol. The van der Waals surface area contributed by atoms with E-state index in [0.717, 1.165) is 0 Å². The Labute approximate surface area is 65.9 Å². The van der Waals surface area contributed by atoms with Crippen molar-refractivity contribution in [3.8, 4) is 0 Å². The van der Waals surface area contributed by atoms with Crippen LogP contribution in [0.1, 0.15) is 0 Å². The lowest BCUT2D eigenvalue weighted by Gasteiger charge is -2.06. The fraction of sp³-hybridized carbons (Fsp3) is 0.400. The first-order valence-corrected chi connectivity index (χ1v) is 2.95. The molecule has 0 aromatic heterocycles. The molecule has 0 spiro atoms. The van der Waals surface area contributed by atoms with Crippen LogP contribution in [0.5, 0.6) is 0 Å². The summed E-state index contributed by atoms with van der Waals surface area (Å²) >= 11 is 0. The molecule has 1 heterocycles. The third-order valence-corrected chi connectivity index (χ3v) is 1.32. The molecule has 1 aliphatic heterocycles. The molecule has 0 aliphatic carbocycles. The Morgan fingerprint density at radius 1 is 1.33 bits per heavy atom. The van der Waals surface area contributed by atoms with Crippen molar-refractivity contribution in [1.82, 2.24) is 5.32 Å². The number of carbonyl (C=O) groups excluding carboxylic acids is 1. The van der Waals surface area contributed by atoms with Crippen molar-refractivity contribution in [3.05, 3.63) is 0 Å². The highest BCUT2D eigenvalue weighted by Gasteiger charge is 2.44. The van der Waals surface area contributed by atoms with Crippen molar-refractivity contribution in [2.45, 2.75) is 12.1 Å². The minimum absolute atomic E-state index is 1.03. The van der Waals surface area contributed by atoms with Gasteiger partial charge < -0.3 is 20.3 Å². The van der Waals surface area contributed by atoms with Crippen LogP contribution in [0.2, 0.25) is 0 Å². The predicted molar refractivity (Wildman–Crippen MR) is 32.5 cm³/mol. The molecule has 1 saturated heterocycles. The summed E-state index contributed by atoms with van der Waals surface area (Å²) in [5, 5.41) is 18.6. The van der Waals surface area contributed by atoms with E-state index in [2.05, 4.69) is 4.74 Å². The second kappa shape index (κ2) is 2.68. The van der Waals surface area contributed by atoms with Crippen molar-refractivity contribution < 1.29 is 29.3 Å². The zero-order valence-electron chi connectivity index (χ0n) is 5.68. The van der Waals surface area contributed by atoms with Crippen molar-refractivity contribution in [2.24, 2.45) is 0 Å². The molecule has 3 N–H and O–H groups in total. The average Bonchev–Trinajstić information content (AvgIpc) is 2.31. The lowest BCUT2D eigenvalue weighted by atomic mass is 10.2. The zero-order chi connectivity index (χ0) is 9.30. The van der Waals surface area contributed by atoms with Gasteiger partial charge >= 0.3 is 18.0 Å². The minimum Gasteiger partial charge on any atom is -0.480 e. The third-order valence-electron chi connectivity index (χ3n) is 1.32. The Kier molecular flexibility index (Phi) is 1.86. The summed E-state index contributed by atoms with van der Waals surface area (Å²) in [6, 6.07) is -1.50. The van der Waals surface area contributed by atoms with Gasteiger partial charge in [0.1, 0.15) is 0 Å². The highest BCUT2D eigenvalue weighted by molar-refractivity contribution is 5.92. The smallest absolute Gasteiger partial charge is 0.408 e. The number of hydrogen-bond donors (Lipinski definition) is 3. The number of carboxylic acid groups (broad SMARTS) is 2. The van der Waals surface area contributed by atoms with Crippen LogP contribution in [-0.4, -0.2) is 40.4 Å². The zero-order valence-corrected chi connectivity index (χ0v) is 5.68. The Hall–Kier alpha value is -1.79. The Balaban J connectivity index is 2.79. The van der Waals surface area contributed by atoms with E-state index in [1.54, 1.807) is 0 Å². The molecule has 7 nitrogen and oxygen atoms in total. The SMILES string of the molecule is O=C1N[C@H](C(=O)O)[C@H](C(=O)O)O1. The molecule has 66 valence electrons. The van der Waals surface area contributed by atoms with E-state index in [0.29, 0.717) is 0 Å². The number of cyclic esters (lactones) is 1. The third kappa shape index (κ3) is 1.29. The highest BCUT2D eigenvalue weighted by Crippen LogP contribution is 2.08. The van der Waals surface area contributed by atoms with Gasteiger partial charge in [0.05, 0.1) is 0 Å². The van der Waals surface area contributed by atoms with Crippen molar-refractivity contribution in [3.63, 3.8) is 0 Å². The van der Waals surface area contributed by atoms with E-state index in [-0.39, 0.29) is 0 Å². The molecule has 0 saturated carbocycles. The van der Waals surface area contributed by atoms with E-state index in [1.165, 1.54) is 0 Å². The maximum absolute atomic E-state index is 10.4. The van der Waals surface area contributed by atoms with E-state index in [4.69, 9.17) is 10.2 Å². The lowest BCUT2D eigenvalue weighted by molar-refractivity contribution is -0.152. The molecular weight excluding hydrogens is 170 g/mol. The molecular formula is C5H5NO6. The van der Waals surface area contributed by atoms with Gasteiger partial charge in [-0.05, 0) is 0 Å². The van der Waals surface area contributed by atoms with E-state index < -0.39 is 30.2 Å². The van der Waals surface area contributed by atoms with E-state index in [9.17, 15) is 14.4 Å². The molecule has 1 fully saturated rings. The molecule has 0 bridgehead atoms. The normalized spacial score (nSPS) is 27.5. The number of aliphatic carboxylic acids is 2. The first-order valence-electron chi connectivity index (χ1n) is 2.95. The number of hydrogen-bond acceptors (Lipinski definition) is 4. The molecule has 0 unspecified atom stereocenters. The number of carboxylic acids is 2. The standard InChI is InChI=1S/C5H5NO6/c7-3(8)1-2(4(9)10)12-5(11)6-1/h1-2H,(H,6,11)(H,7,8)(H,9,10)/t1-,2+/m0/s1. The summed E-state index contributed by atoms with van der Waals surface area (Å²) in [7, 11) is 0. The molecule has 1 amide bonds. The van der Waals surface area contributed by atoms with Gasteiger partial charge in [-0.2, -0.15) is 0 Å². The number of amides is 1. The quantitative estimate of drug-likeness (QED) is 0.477. The first kappa shape index (κ1) is 8.31. The number of rotatable bonds is 2. The van der Waals surface area contributed by atoms with Gasteiger partial charge in [-0.25, -0.2) is 14.4 Å². The molecule has 2 atom stereocenters. The summed E-state index contributed by atoms with van der Waals surface area (Å²) < 4.78 is 4.17. The summed E-state index contributed by atoms with van der Waals surface area (Å²) in [6.07, 6.45) is -2.68. The summed E-state index contributed by atoms with van der Waals surface area (Å²) in [4.78, 5) is 31.0. The minimum atomic E-state index is -1.64. The predicted octanol–water partition coefficient (Wildman–Crippen LogP) is -1.37. The van der Waals surface area contributed by atoms with Crippen LogP contribution in [0.3, 0.4) is 0 Å². The summed E-state index contributed by atoms with van der Waals surface area (Å²) in [6.45, 7) is 0. The summed E-state index contributed by atoms with van der Waals surface area (Å²) in [5.41, 5.74) is 0. The van der Waals surface area contributed by atoms with Crippen LogP contribution >= 0.6 is 0 Å². The van der Waals surface area contributed by atoms with E-state index in [1.807, 2.05) is 5.32 Å². The van der Waals surface area contributed by atoms with Crippen molar-refractivity contribution >= 4 is 18.0 Å². The second-order valence-electron chi connectivity index (χ2n) is 2.12. The fourth-order valence-electron chi connectivity index (χ4n) is 0.804. The Morgan fingerprint density at radius 2 is 1.92 bits per heavy atom. The maximum Gasteiger partial charge on any atom is 0.408 e. The fourth-order valence-corrected chi connectivity index (χ4v) is 0.804. The van der Waals surface area contributed by atoms with Gasteiger partial charge in [0.2, 0.25) is 6.10 Å². The van der Waals surface area contributed by atoms with Crippen LogP contribution in [0, 0.1) is 0 Å². The number of carbonyl (C=O) groups is 3. The Bertz CT molecular complexity index is 224. The highest BCUT2D eigenvalue weighted by atomic mass is 16.6. The molecule has 0 aromatic rings. The molecule has 0 radical (unpaired) electrons. The summed E-state index contributed by atoms with van der Waals surface area (Å²) in [5.74, 6) is -2.92. The molecule has 12 heavy (non-hydrogen) atoms. The molecule has 0 aromatic carbocycles. The maximum atomic E-state index is 10.4. The Morgan fingerprint density at radius 3 is 2.25 bits per heavy atom. The molecule has 1 aliphatic rings. The lowest BCUT2D eigenvalue weighted by Crippen LogP contribution is -2.42. The van der Waals surface area contributed by atoms with Crippen LogP contribution in [0.4, 0.5) is 4.79 Å². The number of alkyl carbamates (subject to hydrolysis) is 1. The second-order valence-corrected chi connectivity index (χ2v) is 2.12. The van der Waals surface area contributed by atoms with Gasteiger partial charge in [0.15, 0.2) is 6.04 Å². The largest absolute Gasteiger partial charge is 0.480 e. The van der Waals surface area contributed by atoms with Gasteiger partial charge in [0, 0.05) is 0 Å². The van der Waals surface area contributed by atoms with Crippen LogP contribution in [0.15, 0.2) is 0 Å². The van der Waals surface area contributed by atoms with Gasteiger partial charge in [-0.15, -0.1) is 0 Å². The topological polar surface area (TPSA) is 113 Å². The van der Waals surface area contributed by atoms with Gasteiger partial charge in [0.25, 0.3) is 0 Å². The molecule has 1 rings (SSSR count). The van der Waals surface area contributed by atoms with Crippen LogP contribution in [0.25, 0.3) is 0 Å². The van der Waals surface area contributed by atoms with Crippen molar-refractivity contribution in [1.29, 1.82) is 0 Å². The number of ether oxygens (including phenoxy) is 1. The van der Waals surface area contributed by atoms with Crippen LogP contribution in [-0.2, 0) is 14.3 Å². The molecule has 7 heteroatoms. The van der Waals surface area contributed by atoms with E-state index >= 15 is 0 Å². The number of nitrogens with one attached hydrogen (secondary N) is 1.